The van der Waals surface area contributed by atoms with E-state index in [0.29, 0.717) is 0 Å². The second kappa shape index (κ2) is 9.73. The summed E-state index contributed by atoms with van der Waals surface area (Å²) < 4.78 is 6.53. The van der Waals surface area contributed by atoms with E-state index in [4.69, 9.17) is 9.25 Å². The van der Waals surface area contributed by atoms with Gasteiger partial charge in [-0.3, -0.25) is 4.84 Å². The molecule has 0 amide bonds. The first-order valence-corrected chi connectivity index (χ1v) is 12.3. The van der Waals surface area contributed by atoms with Crippen LogP contribution in [-0.2, 0) is 4.84 Å². The Morgan fingerprint density at radius 1 is 0.667 bits per heavy atom. The molecule has 0 fully saturated rings. The molecule has 2 atom stereocenters. The van der Waals surface area contributed by atoms with Gasteiger partial charge in [-0.25, -0.2) is 5.06 Å². The van der Waals surface area contributed by atoms with Gasteiger partial charge in [0.15, 0.2) is 0 Å². The van der Waals surface area contributed by atoms with Gasteiger partial charge in [0, 0.05) is 16.7 Å². The third kappa shape index (κ3) is 4.15. The van der Waals surface area contributed by atoms with E-state index >= 15 is 0 Å². The summed E-state index contributed by atoms with van der Waals surface area (Å²) in [7, 11) is 0. The molecule has 0 unspecified atom stereocenters. The standard InChI is InChI=1S/C33H27NO2/c1-24-30-31(32(35-24)26-16-8-3-9-17-26)29(23-22-25-14-6-2-7-15-25)34(28-20-12-5-13-21-28)36-33(30)27-18-10-4-11-19-27/h2-23,29,33H,1H3/b23-22+/t29-,33+/m1/s1. The molecule has 1 aliphatic rings. The highest BCUT2D eigenvalue weighted by molar-refractivity contribution is 5.70. The van der Waals surface area contributed by atoms with E-state index < -0.39 is 0 Å². The molecule has 0 aliphatic carbocycles. The van der Waals surface area contributed by atoms with Crippen molar-refractivity contribution >= 4 is 11.8 Å². The first kappa shape index (κ1) is 22.1. The van der Waals surface area contributed by atoms with Gasteiger partial charge in [-0.15, -0.1) is 0 Å². The van der Waals surface area contributed by atoms with Crippen molar-refractivity contribution in [3.05, 3.63) is 155 Å². The quantitative estimate of drug-likeness (QED) is 0.258. The third-order valence-electron chi connectivity index (χ3n) is 6.62. The first-order chi connectivity index (χ1) is 17.8. The van der Waals surface area contributed by atoms with Crippen molar-refractivity contribution < 1.29 is 9.25 Å². The molecule has 1 aliphatic heterocycles. The molecule has 3 heteroatoms. The van der Waals surface area contributed by atoms with Gasteiger partial charge in [0.05, 0.1) is 5.69 Å². The minimum atomic E-state index is -0.288. The van der Waals surface area contributed by atoms with Gasteiger partial charge in [-0.05, 0) is 30.2 Å². The van der Waals surface area contributed by atoms with Gasteiger partial charge in [-0.1, -0.05) is 121 Å². The summed E-state index contributed by atoms with van der Waals surface area (Å²) in [6, 6.07) is 41.2. The molecule has 2 heterocycles. The lowest BCUT2D eigenvalue weighted by Crippen LogP contribution is -2.35. The van der Waals surface area contributed by atoms with Crippen molar-refractivity contribution in [2.75, 3.05) is 5.06 Å². The number of aryl methyl sites for hydroxylation is 1. The van der Waals surface area contributed by atoms with E-state index in [-0.39, 0.29) is 12.1 Å². The van der Waals surface area contributed by atoms with E-state index in [0.717, 1.165) is 45.0 Å². The minimum Gasteiger partial charge on any atom is -0.461 e. The maximum absolute atomic E-state index is 6.84. The van der Waals surface area contributed by atoms with Gasteiger partial charge >= 0.3 is 0 Å². The summed E-state index contributed by atoms with van der Waals surface area (Å²) in [5, 5.41) is 2.03. The molecule has 0 bridgehead atoms. The lowest BCUT2D eigenvalue weighted by Gasteiger charge is -2.39. The average molecular weight is 470 g/mol. The maximum Gasteiger partial charge on any atom is 0.140 e. The zero-order valence-electron chi connectivity index (χ0n) is 20.1. The summed E-state index contributed by atoms with van der Waals surface area (Å²) in [6.45, 7) is 2.04. The number of rotatable bonds is 5. The maximum atomic E-state index is 6.84. The minimum absolute atomic E-state index is 0.185. The molecule has 0 spiro atoms. The number of benzene rings is 4. The van der Waals surface area contributed by atoms with E-state index in [9.17, 15) is 0 Å². The second-order valence-electron chi connectivity index (χ2n) is 8.95. The van der Waals surface area contributed by atoms with Crippen molar-refractivity contribution in [3.63, 3.8) is 0 Å². The smallest absolute Gasteiger partial charge is 0.140 e. The summed E-state index contributed by atoms with van der Waals surface area (Å²) in [6.07, 6.45) is 4.08. The molecule has 36 heavy (non-hydrogen) atoms. The van der Waals surface area contributed by atoms with Gasteiger partial charge in [0.25, 0.3) is 0 Å². The second-order valence-corrected chi connectivity index (χ2v) is 8.95. The topological polar surface area (TPSA) is 25.6 Å². The number of fused-ring (bicyclic) bond motifs is 1. The highest BCUT2D eigenvalue weighted by atomic mass is 16.7. The van der Waals surface area contributed by atoms with E-state index in [1.807, 2.05) is 48.4 Å². The molecule has 4 aromatic carbocycles. The molecule has 6 rings (SSSR count). The molecule has 0 N–H and O–H groups in total. The predicted octanol–water partition coefficient (Wildman–Crippen LogP) is 8.55. The largest absolute Gasteiger partial charge is 0.461 e. The Morgan fingerprint density at radius 3 is 1.92 bits per heavy atom. The zero-order valence-corrected chi connectivity index (χ0v) is 20.1. The van der Waals surface area contributed by atoms with Crippen LogP contribution in [0.3, 0.4) is 0 Å². The Kier molecular flexibility index (Phi) is 5.98. The zero-order chi connectivity index (χ0) is 24.3. The fourth-order valence-corrected chi connectivity index (χ4v) is 4.94. The highest BCUT2D eigenvalue weighted by Crippen LogP contribution is 2.49. The molecular weight excluding hydrogens is 442 g/mol. The first-order valence-electron chi connectivity index (χ1n) is 12.3. The number of para-hydroxylation sites is 1. The van der Waals surface area contributed by atoms with Gasteiger partial charge < -0.3 is 4.42 Å². The Hall–Kier alpha value is -4.34. The third-order valence-corrected chi connectivity index (χ3v) is 6.62. The Balaban J connectivity index is 1.59. The molecule has 176 valence electrons. The lowest BCUT2D eigenvalue weighted by atomic mass is 9.89. The summed E-state index contributed by atoms with van der Waals surface area (Å²) in [5.41, 5.74) is 6.50. The normalized spacial score (nSPS) is 17.3. The van der Waals surface area contributed by atoms with Crippen molar-refractivity contribution in [1.29, 1.82) is 0 Å². The highest BCUT2D eigenvalue weighted by Gasteiger charge is 2.40. The Morgan fingerprint density at radius 2 is 1.25 bits per heavy atom. The number of anilines is 1. The average Bonchev–Trinajstić information content (AvgIpc) is 3.30. The van der Waals surface area contributed by atoms with Crippen LogP contribution in [-0.4, -0.2) is 0 Å². The van der Waals surface area contributed by atoms with Crippen LogP contribution in [0.1, 0.15) is 40.2 Å². The van der Waals surface area contributed by atoms with Crippen LogP contribution in [0.2, 0.25) is 0 Å². The molecule has 5 aromatic rings. The van der Waals surface area contributed by atoms with Crippen LogP contribution < -0.4 is 5.06 Å². The Labute approximate surface area is 211 Å². The predicted molar refractivity (Wildman–Crippen MR) is 145 cm³/mol. The molecule has 1 aromatic heterocycles. The summed E-state index contributed by atoms with van der Waals surface area (Å²) in [5.74, 6) is 1.76. The molecule has 3 nitrogen and oxygen atoms in total. The number of hydroxylamine groups is 1. The molecule has 0 radical (unpaired) electrons. The molecular formula is C33H27NO2. The monoisotopic (exact) mass is 469 g/mol. The number of nitrogens with zero attached hydrogens (tertiary/aromatic N) is 1. The van der Waals surface area contributed by atoms with E-state index in [2.05, 4.69) is 97.1 Å². The number of hydrogen-bond donors (Lipinski definition) is 0. The lowest BCUT2D eigenvalue weighted by molar-refractivity contribution is 0.0321. The van der Waals surface area contributed by atoms with Gasteiger partial charge in [0.2, 0.25) is 0 Å². The van der Waals surface area contributed by atoms with Crippen molar-refractivity contribution in [2.24, 2.45) is 0 Å². The molecule has 0 saturated carbocycles. The van der Waals surface area contributed by atoms with E-state index in [1.165, 1.54) is 0 Å². The fraction of sp³-hybridized carbons (Fsp3) is 0.0909. The van der Waals surface area contributed by atoms with Crippen molar-refractivity contribution in [3.8, 4) is 11.3 Å². The van der Waals surface area contributed by atoms with Gasteiger partial charge in [0.1, 0.15) is 23.7 Å². The fourth-order valence-electron chi connectivity index (χ4n) is 4.94. The van der Waals surface area contributed by atoms with Crippen LogP contribution in [0.5, 0.6) is 0 Å². The van der Waals surface area contributed by atoms with Crippen molar-refractivity contribution in [1.82, 2.24) is 0 Å². The van der Waals surface area contributed by atoms with Crippen LogP contribution in [0, 0.1) is 6.92 Å². The summed E-state index contributed by atoms with van der Waals surface area (Å²) >= 11 is 0. The van der Waals surface area contributed by atoms with Crippen LogP contribution in [0.25, 0.3) is 17.4 Å². The van der Waals surface area contributed by atoms with E-state index in [1.54, 1.807) is 0 Å². The van der Waals surface area contributed by atoms with Crippen LogP contribution in [0.4, 0.5) is 5.69 Å². The Bertz CT molecular complexity index is 1460. The number of hydrogen-bond acceptors (Lipinski definition) is 3. The van der Waals surface area contributed by atoms with Crippen LogP contribution in [0.15, 0.2) is 132 Å². The van der Waals surface area contributed by atoms with Crippen molar-refractivity contribution in [2.45, 2.75) is 19.1 Å². The number of furan rings is 1. The summed E-state index contributed by atoms with van der Waals surface area (Å²) in [4.78, 5) is 6.84. The van der Waals surface area contributed by atoms with Crippen LogP contribution >= 0.6 is 0 Å². The van der Waals surface area contributed by atoms with Gasteiger partial charge in [-0.2, -0.15) is 0 Å². The molecule has 0 saturated heterocycles. The SMILES string of the molecule is Cc1oc(-c2ccccc2)c2c1[C@H](c1ccccc1)ON(c1ccccc1)[C@@H]2/C=C/c1ccccc1.